The second kappa shape index (κ2) is 2.64. The maximum atomic E-state index is 5.02. The fraction of sp³-hybridized carbons (Fsp3) is 0.750. The maximum Gasteiger partial charge on any atom is 0.0871 e. The Balaban J connectivity index is 2.12. The van der Waals surface area contributed by atoms with Gasteiger partial charge in [0.25, 0.3) is 0 Å². The van der Waals surface area contributed by atoms with Crippen LogP contribution in [0.25, 0.3) is 0 Å². The van der Waals surface area contributed by atoms with Crippen LogP contribution in [0.1, 0.15) is 0 Å². The molecule has 0 bridgehead atoms. The zero-order chi connectivity index (χ0) is 5.11. The third-order valence-corrected chi connectivity index (χ3v) is 1.29. The van der Waals surface area contributed by atoms with E-state index in [0.29, 0.717) is 4.95 Å². The van der Waals surface area contributed by atoms with Gasteiger partial charge < -0.3 is 4.74 Å². The summed E-state index contributed by atoms with van der Waals surface area (Å²) in [6.45, 7) is 3.38. The van der Waals surface area contributed by atoms with Crippen LogP contribution in [-0.4, -0.2) is 18.2 Å². The first kappa shape index (κ1) is 5.54. The quantitative estimate of drug-likeness (QED) is 0.416. The maximum absolute atomic E-state index is 5.02. The standard InChI is InChI=1S/C4H7BrNO/c5-4-3-7-2-1-6-4/h1,4,6H,2-3H2. The average molecular weight is 165 g/mol. The molecule has 0 aromatic heterocycles. The van der Waals surface area contributed by atoms with E-state index in [4.69, 9.17) is 4.74 Å². The molecule has 1 N–H and O–H groups in total. The van der Waals surface area contributed by atoms with Crippen molar-refractivity contribution < 1.29 is 4.74 Å². The Hall–Kier alpha value is 0.400. The highest BCUT2D eigenvalue weighted by Gasteiger charge is 2.06. The van der Waals surface area contributed by atoms with Gasteiger partial charge in [-0.1, -0.05) is 15.9 Å². The fourth-order valence-electron chi connectivity index (χ4n) is 0.455. The molecular weight excluding hydrogens is 158 g/mol. The van der Waals surface area contributed by atoms with Gasteiger partial charge in [0.2, 0.25) is 0 Å². The van der Waals surface area contributed by atoms with E-state index in [-0.39, 0.29) is 0 Å². The number of hydrogen-bond acceptors (Lipinski definition) is 2. The molecule has 1 radical (unpaired) electrons. The summed E-state index contributed by atoms with van der Waals surface area (Å²) in [7, 11) is 0. The van der Waals surface area contributed by atoms with Crippen molar-refractivity contribution in [3.05, 3.63) is 6.54 Å². The zero-order valence-corrected chi connectivity index (χ0v) is 5.44. The smallest absolute Gasteiger partial charge is 0.0871 e. The Morgan fingerprint density at radius 1 is 1.86 bits per heavy atom. The van der Waals surface area contributed by atoms with E-state index in [2.05, 4.69) is 21.2 Å². The van der Waals surface area contributed by atoms with Crippen LogP contribution in [0.5, 0.6) is 0 Å². The highest BCUT2D eigenvalue weighted by atomic mass is 79.9. The number of alkyl halides is 1. The second-order valence-electron chi connectivity index (χ2n) is 1.38. The minimum absolute atomic E-state index is 0.321. The van der Waals surface area contributed by atoms with Crippen molar-refractivity contribution in [2.45, 2.75) is 4.95 Å². The lowest BCUT2D eigenvalue weighted by Crippen LogP contribution is -2.32. The van der Waals surface area contributed by atoms with E-state index in [9.17, 15) is 0 Å². The molecule has 1 rings (SSSR count). The SMILES string of the molecule is BrC1COC[CH]N1. The van der Waals surface area contributed by atoms with Gasteiger partial charge in [-0.25, -0.2) is 0 Å². The van der Waals surface area contributed by atoms with Gasteiger partial charge in [0.05, 0.1) is 18.2 Å². The lowest BCUT2D eigenvalue weighted by atomic mass is 10.5. The molecule has 0 amide bonds. The van der Waals surface area contributed by atoms with Gasteiger partial charge in [0.1, 0.15) is 0 Å². The summed E-state index contributed by atoms with van der Waals surface area (Å²) in [6, 6.07) is 0. The number of hydrogen-bond donors (Lipinski definition) is 1. The highest BCUT2D eigenvalue weighted by Crippen LogP contribution is 2.00. The van der Waals surface area contributed by atoms with Gasteiger partial charge in [0.15, 0.2) is 0 Å². The fourth-order valence-corrected chi connectivity index (χ4v) is 0.828. The molecule has 1 saturated heterocycles. The molecule has 0 saturated carbocycles. The Bertz CT molecular complexity index is 53.7. The predicted molar refractivity (Wildman–Crippen MR) is 31.0 cm³/mol. The first-order valence-electron chi connectivity index (χ1n) is 2.19. The average Bonchev–Trinajstić information content (AvgIpc) is 1.69. The minimum Gasteiger partial charge on any atom is -0.377 e. The van der Waals surface area contributed by atoms with Crippen LogP contribution in [0.3, 0.4) is 0 Å². The van der Waals surface area contributed by atoms with Gasteiger partial charge in [-0.05, 0) is 0 Å². The van der Waals surface area contributed by atoms with Crippen molar-refractivity contribution >= 4 is 15.9 Å². The van der Waals surface area contributed by atoms with Crippen molar-refractivity contribution in [2.75, 3.05) is 13.2 Å². The summed E-state index contributed by atoms with van der Waals surface area (Å²) < 4.78 is 5.02. The number of nitrogens with one attached hydrogen (secondary N) is 1. The molecule has 3 heteroatoms. The third-order valence-electron chi connectivity index (χ3n) is 0.764. The molecule has 0 aromatic carbocycles. The van der Waals surface area contributed by atoms with Crippen molar-refractivity contribution in [2.24, 2.45) is 0 Å². The molecule has 1 fully saturated rings. The molecule has 41 valence electrons. The normalized spacial score (nSPS) is 33.0. The number of halogens is 1. The van der Waals surface area contributed by atoms with Gasteiger partial charge in [-0.2, -0.15) is 0 Å². The van der Waals surface area contributed by atoms with E-state index in [1.807, 2.05) is 6.54 Å². The molecule has 7 heavy (non-hydrogen) atoms. The number of ether oxygens (including phenoxy) is 1. The van der Waals surface area contributed by atoms with E-state index < -0.39 is 0 Å². The van der Waals surface area contributed by atoms with Gasteiger partial charge >= 0.3 is 0 Å². The molecule has 1 atom stereocenters. The monoisotopic (exact) mass is 164 g/mol. The summed E-state index contributed by atoms with van der Waals surface area (Å²) in [6.07, 6.45) is 0. The third kappa shape index (κ3) is 1.76. The van der Waals surface area contributed by atoms with Gasteiger partial charge in [-0.3, -0.25) is 5.32 Å². The summed E-state index contributed by atoms with van der Waals surface area (Å²) in [5.74, 6) is 0. The predicted octanol–water partition coefficient (Wildman–Crippen LogP) is 0.489. The van der Waals surface area contributed by atoms with Crippen LogP contribution in [0.4, 0.5) is 0 Å². The topological polar surface area (TPSA) is 21.3 Å². The molecule has 0 aromatic rings. The van der Waals surface area contributed by atoms with Crippen molar-refractivity contribution in [1.29, 1.82) is 0 Å². The molecule has 0 spiro atoms. The van der Waals surface area contributed by atoms with E-state index in [0.717, 1.165) is 13.2 Å². The first-order valence-corrected chi connectivity index (χ1v) is 3.11. The lowest BCUT2D eigenvalue weighted by Gasteiger charge is -2.17. The summed E-state index contributed by atoms with van der Waals surface area (Å²) >= 11 is 3.32. The van der Waals surface area contributed by atoms with E-state index in [1.165, 1.54) is 0 Å². The van der Waals surface area contributed by atoms with Crippen molar-refractivity contribution in [3.63, 3.8) is 0 Å². The van der Waals surface area contributed by atoms with E-state index >= 15 is 0 Å². The lowest BCUT2D eigenvalue weighted by molar-refractivity contribution is 0.122. The number of morpholine rings is 1. The minimum atomic E-state index is 0.321. The Kier molecular flexibility index (Phi) is 2.09. The van der Waals surface area contributed by atoms with E-state index in [1.54, 1.807) is 0 Å². The van der Waals surface area contributed by atoms with Crippen molar-refractivity contribution in [3.8, 4) is 0 Å². The number of rotatable bonds is 0. The highest BCUT2D eigenvalue weighted by molar-refractivity contribution is 9.09. The van der Waals surface area contributed by atoms with Crippen LogP contribution >= 0.6 is 15.9 Å². The molecule has 1 aliphatic heterocycles. The summed E-state index contributed by atoms with van der Waals surface area (Å²) in [4.78, 5) is 0.321. The largest absolute Gasteiger partial charge is 0.377 e. The van der Waals surface area contributed by atoms with Crippen LogP contribution in [0, 0.1) is 6.54 Å². The Labute approximate surface area is 51.4 Å². The zero-order valence-electron chi connectivity index (χ0n) is 3.86. The second-order valence-corrected chi connectivity index (χ2v) is 2.48. The Morgan fingerprint density at radius 3 is 3.00 bits per heavy atom. The summed E-state index contributed by atoms with van der Waals surface area (Å²) in [5.41, 5.74) is 0. The van der Waals surface area contributed by atoms with Gasteiger partial charge in [-0.15, -0.1) is 0 Å². The molecule has 1 unspecified atom stereocenters. The molecular formula is C4H7BrNO. The molecule has 1 heterocycles. The van der Waals surface area contributed by atoms with Crippen LogP contribution in [-0.2, 0) is 4.74 Å². The molecule has 0 aliphatic carbocycles. The van der Waals surface area contributed by atoms with Crippen LogP contribution in [0.2, 0.25) is 0 Å². The van der Waals surface area contributed by atoms with Crippen LogP contribution in [0.15, 0.2) is 0 Å². The van der Waals surface area contributed by atoms with Crippen molar-refractivity contribution in [1.82, 2.24) is 5.32 Å². The Morgan fingerprint density at radius 2 is 2.71 bits per heavy atom. The van der Waals surface area contributed by atoms with Crippen LogP contribution < -0.4 is 5.32 Å². The van der Waals surface area contributed by atoms with Gasteiger partial charge in [0, 0.05) is 6.54 Å². The molecule has 1 aliphatic rings. The first-order chi connectivity index (χ1) is 3.39. The molecule has 2 nitrogen and oxygen atoms in total. The summed E-state index contributed by atoms with van der Waals surface area (Å²) in [5, 5.41) is 3.05.